The van der Waals surface area contributed by atoms with Gasteiger partial charge < -0.3 is 73.1 Å². The number of phenols is 1. The average Bonchev–Trinajstić information content (AvgIpc) is 3.58. The van der Waals surface area contributed by atoms with Gasteiger partial charge in [0.15, 0.2) is 18.4 Å². The molecule has 58 heavy (non-hydrogen) atoms. The van der Waals surface area contributed by atoms with Crippen molar-refractivity contribution in [2.24, 2.45) is 11.8 Å². The Kier molecular flexibility index (Phi) is 9.78. The van der Waals surface area contributed by atoms with Gasteiger partial charge in [0.05, 0.1) is 72.5 Å². The second-order valence-electron chi connectivity index (χ2n) is 17.7. The lowest BCUT2D eigenvalue weighted by molar-refractivity contribution is -0.303. The second kappa shape index (κ2) is 14.4. The van der Waals surface area contributed by atoms with Crippen LogP contribution in [0.2, 0.25) is 0 Å². The summed E-state index contributed by atoms with van der Waals surface area (Å²) in [7, 11) is 1.54. The van der Waals surface area contributed by atoms with Crippen LogP contribution in [0.1, 0.15) is 79.4 Å². The minimum Gasteiger partial charge on any atom is -0.507 e. The summed E-state index contributed by atoms with van der Waals surface area (Å²) in [6.07, 6.45) is -9.37. The van der Waals surface area contributed by atoms with Gasteiger partial charge in [-0.2, -0.15) is 0 Å². The monoisotopic (exact) mass is 815 g/mol. The number of fused-ring (bicyclic) bond motifs is 6. The number of hydrogen-bond donors (Lipinski definition) is 5. The van der Waals surface area contributed by atoms with Crippen LogP contribution in [0.15, 0.2) is 17.4 Å². The van der Waals surface area contributed by atoms with Crippen molar-refractivity contribution in [3.8, 4) is 5.75 Å². The largest absolute Gasteiger partial charge is 0.507 e. The number of aliphatic hydroxyl groups is 4. The number of methoxy groups -OCH3 is 1. The number of ketones is 1. The summed E-state index contributed by atoms with van der Waals surface area (Å²) in [5, 5.41) is 57.9. The van der Waals surface area contributed by atoms with Gasteiger partial charge in [-0.15, -0.1) is 0 Å². The summed E-state index contributed by atoms with van der Waals surface area (Å²) in [6.45, 7) is 6.15. The van der Waals surface area contributed by atoms with E-state index in [0.29, 0.717) is 61.9 Å². The van der Waals surface area contributed by atoms with Crippen LogP contribution in [0.4, 0.5) is 0 Å². The average molecular weight is 816 g/mol. The SMILES string of the molecule is CO[C@@H]1C[C@H](O[C@H]2CC[C@H](O[C@@H]3C[C@H](O)C4=C(OC5C6OCO[C@@H]7Cc8cc9c(c(O)c8C(C(O)C5C4=O)C67)C(=O)N4CCO[C@]4(C)C9)[C@H]3O)O[C@@H]2C)O[C@H](C)[C@H]1O. The number of hydrogen-bond acceptors (Lipinski definition) is 16. The highest BCUT2D eigenvalue weighted by molar-refractivity contribution is 6.02. The van der Waals surface area contributed by atoms with E-state index >= 15 is 0 Å². The molecule has 318 valence electrons. The zero-order valence-corrected chi connectivity index (χ0v) is 32.9. The molecule has 18 atom stereocenters. The molecule has 6 unspecified atom stereocenters. The second-order valence-corrected chi connectivity index (χ2v) is 17.7. The van der Waals surface area contributed by atoms with Gasteiger partial charge in [0.1, 0.15) is 48.4 Å². The molecule has 1 aromatic carbocycles. The number of benzene rings is 1. The Hall–Kier alpha value is -2.78. The van der Waals surface area contributed by atoms with E-state index in [1.54, 1.807) is 11.8 Å². The van der Waals surface area contributed by atoms with Gasteiger partial charge in [0.2, 0.25) is 0 Å². The molecule has 0 aromatic heterocycles. The molecule has 10 rings (SSSR count). The van der Waals surface area contributed by atoms with Gasteiger partial charge in [0, 0.05) is 56.7 Å². The van der Waals surface area contributed by atoms with E-state index in [0.717, 1.165) is 0 Å². The zero-order valence-electron chi connectivity index (χ0n) is 32.9. The third-order valence-electron chi connectivity index (χ3n) is 14.4. The molecule has 5 fully saturated rings. The molecule has 9 aliphatic rings. The highest BCUT2D eigenvalue weighted by Gasteiger charge is 2.64. The molecule has 0 spiro atoms. The van der Waals surface area contributed by atoms with E-state index in [-0.39, 0.29) is 47.9 Å². The molecule has 0 bridgehead atoms. The fourth-order valence-corrected chi connectivity index (χ4v) is 11.6. The first-order valence-corrected chi connectivity index (χ1v) is 20.7. The normalized spacial score (nSPS) is 47.0. The standard InChI is InChI=1S/C41H53NO16/c1-15-20(56-25-12-22(50-4)32(44)16(2)55-25)5-6-24(54-15)57-23-11-19(43)28-35(47)31-36(48)30-26-17(9-18-13-41(3)42(7-8-53-41)40(49)27(18)34(26)46)10-21-29(30)38(52-14-51-21)39(31)58-37(28)33(23)45/h9,15-16,19-25,29-33,36,38-39,43-46,48H,5-8,10-14H2,1-4H3/t15-,16-,19+,20+,21-,22-,23-,24+,25+,29?,30?,31?,32-,33+,36?,38?,39?,41-/m1/s1. The number of aliphatic hydroxyl groups excluding tert-OH is 4. The van der Waals surface area contributed by atoms with Crippen LogP contribution in [-0.4, -0.2) is 161 Å². The molecule has 17 heteroatoms. The van der Waals surface area contributed by atoms with Gasteiger partial charge in [-0.1, -0.05) is 6.07 Å². The molecule has 1 saturated carbocycles. The van der Waals surface area contributed by atoms with Crippen LogP contribution in [0.3, 0.4) is 0 Å². The van der Waals surface area contributed by atoms with Gasteiger partial charge in [-0.25, -0.2) is 0 Å². The lowest BCUT2D eigenvalue weighted by Gasteiger charge is -2.57. The van der Waals surface area contributed by atoms with Crippen molar-refractivity contribution in [3.05, 3.63) is 39.7 Å². The third-order valence-corrected chi connectivity index (χ3v) is 14.4. The predicted octanol–water partition coefficient (Wildman–Crippen LogP) is 0.279. The van der Waals surface area contributed by atoms with E-state index in [2.05, 4.69) is 0 Å². The summed E-state index contributed by atoms with van der Waals surface area (Å²) in [6, 6.07) is 1.90. The maximum Gasteiger partial charge on any atom is 0.260 e. The minimum atomic E-state index is -1.44. The van der Waals surface area contributed by atoms with Gasteiger partial charge in [0.25, 0.3) is 5.91 Å². The van der Waals surface area contributed by atoms with E-state index in [1.165, 1.54) is 7.11 Å². The number of Topliss-reactive ketones (excluding diaryl/α,β-unsaturated/α-hetero) is 1. The van der Waals surface area contributed by atoms with Gasteiger partial charge >= 0.3 is 0 Å². The molecule has 0 radical (unpaired) electrons. The molecular formula is C41H53NO16. The van der Waals surface area contributed by atoms with Crippen LogP contribution >= 0.6 is 0 Å². The van der Waals surface area contributed by atoms with Crippen LogP contribution in [-0.2, 0) is 60.3 Å². The molecule has 3 aliphatic carbocycles. The first-order chi connectivity index (χ1) is 27.8. The highest BCUT2D eigenvalue weighted by Crippen LogP contribution is 2.57. The number of aromatic hydroxyl groups is 1. The van der Waals surface area contributed by atoms with Gasteiger partial charge in [-0.3, -0.25) is 9.59 Å². The van der Waals surface area contributed by atoms with Gasteiger partial charge in [-0.05, 0) is 44.7 Å². The van der Waals surface area contributed by atoms with Crippen molar-refractivity contribution >= 4 is 11.7 Å². The summed E-state index contributed by atoms with van der Waals surface area (Å²) >= 11 is 0. The number of amides is 1. The molecule has 1 aromatic rings. The fraction of sp³-hybridized carbons (Fsp3) is 0.756. The third kappa shape index (κ3) is 5.95. The first-order valence-electron chi connectivity index (χ1n) is 20.7. The Balaban J connectivity index is 0.881. The molecule has 6 aliphatic heterocycles. The molecule has 1 amide bonds. The Bertz CT molecular complexity index is 1870. The van der Waals surface area contributed by atoms with E-state index in [4.69, 9.17) is 42.6 Å². The summed E-state index contributed by atoms with van der Waals surface area (Å²) in [5.74, 6) is -3.93. The van der Waals surface area contributed by atoms with E-state index in [9.17, 15) is 35.1 Å². The maximum atomic E-state index is 14.6. The number of phenolic OH excluding ortho intramolecular Hbond substituents is 1. The molecule has 17 nitrogen and oxygen atoms in total. The Morgan fingerprint density at radius 1 is 0.879 bits per heavy atom. The number of rotatable bonds is 5. The molecular weight excluding hydrogens is 762 g/mol. The Labute approximate surface area is 335 Å². The van der Waals surface area contributed by atoms with E-state index in [1.807, 2.05) is 19.9 Å². The fourth-order valence-electron chi connectivity index (χ4n) is 11.6. The first kappa shape index (κ1) is 39.4. The quantitative estimate of drug-likeness (QED) is 0.269. The zero-order chi connectivity index (χ0) is 40.5. The van der Waals surface area contributed by atoms with Crippen molar-refractivity contribution < 1.29 is 77.8 Å². The summed E-state index contributed by atoms with van der Waals surface area (Å²) < 4.78 is 54.8. The lowest BCUT2D eigenvalue weighted by atomic mass is 9.57. The topological polar surface area (TPSA) is 222 Å². The molecule has 6 heterocycles. The van der Waals surface area contributed by atoms with Crippen molar-refractivity contribution in [1.29, 1.82) is 0 Å². The van der Waals surface area contributed by atoms with Crippen molar-refractivity contribution in [2.75, 3.05) is 27.1 Å². The van der Waals surface area contributed by atoms with Crippen molar-refractivity contribution in [2.45, 2.75) is 157 Å². The number of carbonyl (C=O) groups excluding carboxylic acids is 2. The van der Waals surface area contributed by atoms with Crippen molar-refractivity contribution in [1.82, 2.24) is 4.90 Å². The number of nitrogens with zero attached hydrogens (tertiary/aromatic N) is 1. The Morgan fingerprint density at radius 3 is 2.43 bits per heavy atom. The van der Waals surface area contributed by atoms with E-state index < -0.39 is 109 Å². The summed E-state index contributed by atoms with van der Waals surface area (Å²) in [4.78, 5) is 30.0. The summed E-state index contributed by atoms with van der Waals surface area (Å²) in [5.41, 5.74) is 0.982. The highest BCUT2D eigenvalue weighted by atomic mass is 16.7. The molecule has 5 N–H and O–H groups in total. The van der Waals surface area contributed by atoms with Crippen LogP contribution < -0.4 is 0 Å². The predicted molar refractivity (Wildman–Crippen MR) is 194 cm³/mol. The smallest absolute Gasteiger partial charge is 0.260 e. The van der Waals surface area contributed by atoms with Crippen molar-refractivity contribution in [3.63, 3.8) is 0 Å². The number of ether oxygens (including phenoxy) is 9. The van der Waals surface area contributed by atoms with Crippen LogP contribution in [0.25, 0.3) is 0 Å². The lowest BCUT2D eigenvalue weighted by Crippen LogP contribution is -2.67. The Morgan fingerprint density at radius 2 is 1.66 bits per heavy atom. The maximum absolute atomic E-state index is 14.6. The molecule has 4 saturated heterocycles. The number of carbonyl (C=O) groups is 2. The minimum absolute atomic E-state index is 0.105. The van der Waals surface area contributed by atoms with Crippen LogP contribution in [0, 0.1) is 11.8 Å². The van der Waals surface area contributed by atoms with Crippen LogP contribution in [0.5, 0.6) is 5.75 Å².